The molecule has 0 fully saturated rings. The molecule has 3 rings (SSSR count). The molecule has 3 aromatic heterocycles. The molecule has 0 N–H and O–H groups in total. The van der Waals surface area contributed by atoms with Crippen molar-refractivity contribution in [2.75, 3.05) is 0 Å². The second-order valence-electron chi connectivity index (χ2n) is 4.57. The first-order chi connectivity index (χ1) is 9.66. The van der Waals surface area contributed by atoms with Crippen molar-refractivity contribution in [2.24, 2.45) is 0 Å². The Morgan fingerprint density at radius 1 is 1.20 bits per heavy atom. The standard InChI is InChI=1S/C14H13N3O2S/c1-10-8-20-13-12(10)15-9-17(14(13)19)7-6-16-5-3-2-4-11(16)18/h2-5,8-9H,6-7H2,1H3. The molecule has 102 valence electrons. The van der Waals surface area contributed by atoms with Crippen molar-refractivity contribution in [1.29, 1.82) is 0 Å². The summed E-state index contributed by atoms with van der Waals surface area (Å²) in [6, 6.07) is 5.01. The maximum atomic E-state index is 12.3. The fourth-order valence-corrected chi connectivity index (χ4v) is 3.03. The van der Waals surface area contributed by atoms with Crippen molar-refractivity contribution >= 4 is 21.6 Å². The summed E-state index contributed by atoms with van der Waals surface area (Å²) in [5, 5.41) is 1.94. The van der Waals surface area contributed by atoms with E-state index in [-0.39, 0.29) is 11.1 Å². The van der Waals surface area contributed by atoms with E-state index >= 15 is 0 Å². The van der Waals surface area contributed by atoms with Gasteiger partial charge in [0.15, 0.2) is 0 Å². The molecular formula is C14H13N3O2S. The molecule has 20 heavy (non-hydrogen) atoms. The normalized spacial score (nSPS) is 11.1. The second-order valence-corrected chi connectivity index (χ2v) is 5.45. The predicted octanol–water partition coefficient (Wildman–Crippen LogP) is 1.63. The van der Waals surface area contributed by atoms with Crippen LogP contribution in [0.4, 0.5) is 0 Å². The van der Waals surface area contributed by atoms with E-state index in [1.807, 2.05) is 12.3 Å². The van der Waals surface area contributed by atoms with Crippen molar-refractivity contribution in [1.82, 2.24) is 14.1 Å². The van der Waals surface area contributed by atoms with Gasteiger partial charge < -0.3 is 4.57 Å². The summed E-state index contributed by atoms with van der Waals surface area (Å²) in [7, 11) is 0. The minimum Gasteiger partial charge on any atom is -0.314 e. The van der Waals surface area contributed by atoms with Crippen LogP contribution in [-0.4, -0.2) is 14.1 Å². The number of aryl methyl sites for hydroxylation is 3. The van der Waals surface area contributed by atoms with Crippen molar-refractivity contribution in [3.05, 3.63) is 62.4 Å². The molecule has 0 bridgehead atoms. The maximum Gasteiger partial charge on any atom is 0.271 e. The van der Waals surface area contributed by atoms with Gasteiger partial charge >= 0.3 is 0 Å². The SMILES string of the molecule is Cc1csc2c(=O)n(CCn3ccccc3=O)cnc12. The van der Waals surface area contributed by atoms with Crippen molar-refractivity contribution in [3.8, 4) is 0 Å². The first kappa shape index (κ1) is 12.8. The summed E-state index contributed by atoms with van der Waals surface area (Å²) in [6.07, 6.45) is 3.27. The third kappa shape index (κ3) is 2.18. The van der Waals surface area contributed by atoms with Gasteiger partial charge in [0.2, 0.25) is 0 Å². The Hall–Kier alpha value is -2.21. The molecule has 3 aromatic rings. The monoisotopic (exact) mass is 287 g/mol. The third-order valence-corrected chi connectivity index (χ3v) is 4.28. The lowest BCUT2D eigenvalue weighted by atomic mass is 10.3. The molecule has 0 unspecified atom stereocenters. The molecule has 0 amide bonds. The van der Waals surface area contributed by atoms with Gasteiger partial charge in [-0.2, -0.15) is 0 Å². The highest BCUT2D eigenvalue weighted by Gasteiger charge is 2.08. The Morgan fingerprint density at radius 3 is 2.80 bits per heavy atom. The highest BCUT2D eigenvalue weighted by atomic mass is 32.1. The van der Waals surface area contributed by atoms with Crippen LogP contribution in [0.1, 0.15) is 5.56 Å². The van der Waals surface area contributed by atoms with Crippen LogP contribution in [-0.2, 0) is 13.1 Å². The number of hydrogen-bond acceptors (Lipinski definition) is 4. The van der Waals surface area contributed by atoms with E-state index in [0.29, 0.717) is 17.8 Å². The molecule has 0 atom stereocenters. The van der Waals surface area contributed by atoms with E-state index in [1.54, 1.807) is 33.8 Å². The van der Waals surface area contributed by atoms with Crippen LogP contribution >= 0.6 is 11.3 Å². The maximum absolute atomic E-state index is 12.3. The van der Waals surface area contributed by atoms with E-state index < -0.39 is 0 Å². The van der Waals surface area contributed by atoms with Crippen molar-refractivity contribution < 1.29 is 0 Å². The lowest BCUT2D eigenvalue weighted by Gasteiger charge is -2.07. The fourth-order valence-electron chi connectivity index (χ4n) is 2.08. The smallest absolute Gasteiger partial charge is 0.271 e. The van der Waals surface area contributed by atoms with Gasteiger partial charge in [-0.25, -0.2) is 4.98 Å². The predicted molar refractivity (Wildman–Crippen MR) is 79.3 cm³/mol. The largest absolute Gasteiger partial charge is 0.314 e. The lowest BCUT2D eigenvalue weighted by Crippen LogP contribution is -2.26. The zero-order chi connectivity index (χ0) is 14.1. The third-order valence-electron chi connectivity index (χ3n) is 3.20. The van der Waals surface area contributed by atoms with Crippen LogP contribution in [0.2, 0.25) is 0 Å². The van der Waals surface area contributed by atoms with Crippen LogP contribution in [0, 0.1) is 6.92 Å². The van der Waals surface area contributed by atoms with Crippen molar-refractivity contribution in [3.63, 3.8) is 0 Å². The average molecular weight is 287 g/mol. The second kappa shape index (κ2) is 5.05. The number of nitrogens with zero attached hydrogens (tertiary/aromatic N) is 3. The Kier molecular flexibility index (Phi) is 3.23. The Labute approximate surface area is 118 Å². The lowest BCUT2D eigenvalue weighted by molar-refractivity contribution is 0.550. The van der Waals surface area contributed by atoms with Gasteiger partial charge in [-0.3, -0.25) is 14.2 Å². The van der Waals surface area contributed by atoms with Gasteiger partial charge in [-0.15, -0.1) is 11.3 Å². The number of aromatic nitrogens is 3. The molecule has 0 radical (unpaired) electrons. The van der Waals surface area contributed by atoms with Gasteiger partial charge in [-0.05, 0) is 23.9 Å². The minimum absolute atomic E-state index is 0.0444. The zero-order valence-corrected chi connectivity index (χ0v) is 11.8. The Balaban J connectivity index is 1.92. The van der Waals surface area contributed by atoms with E-state index in [9.17, 15) is 9.59 Å². The van der Waals surface area contributed by atoms with Crippen LogP contribution in [0.25, 0.3) is 10.2 Å². The quantitative estimate of drug-likeness (QED) is 0.735. The van der Waals surface area contributed by atoms with E-state index in [0.717, 1.165) is 11.1 Å². The van der Waals surface area contributed by atoms with Crippen LogP contribution in [0.3, 0.4) is 0 Å². The summed E-state index contributed by atoms with van der Waals surface area (Å²) < 4.78 is 3.80. The summed E-state index contributed by atoms with van der Waals surface area (Å²) in [5.41, 5.74) is 1.68. The zero-order valence-electron chi connectivity index (χ0n) is 10.9. The fraction of sp³-hybridized carbons (Fsp3) is 0.214. The Morgan fingerprint density at radius 2 is 2.00 bits per heavy atom. The van der Waals surface area contributed by atoms with Gasteiger partial charge in [0.1, 0.15) is 4.70 Å². The molecule has 6 heteroatoms. The first-order valence-electron chi connectivity index (χ1n) is 6.25. The molecule has 3 heterocycles. The number of thiophene rings is 1. The number of fused-ring (bicyclic) bond motifs is 1. The van der Waals surface area contributed by atoms with Crippen molar-refractivity contribution in [2.45, 2.75) is 20.0 Å². The summed E-state index contributed by atoms with van der Waals surface area (Å²) in [4.78, 5) is 28.2. The molecule has 0 aliphatic rings. The first-order valence-corrected chi connectivity index (χ1v) is 7.13. The van der Waals surface area contributed by atoms with Gasteiger partial charge in [-0.1, -0.05) is 6.07 Å². The molecule has 5 nitrogen and oxygen atoms in total. The van der Waals surface area contributed by atoms with Gasteiger partial charge in [0.05, 0.1) is 11.8 Å². The van der Waals surface area contributed by atoms with Crippen LogP contribution in [0.15, 0.2) is 45.7 Å². The summed E-state index contributed by atoms with van der Waals surface area (Å²) in [5.74, 6) is 0. The number of rotatable bonds is 3. The van der Waals surface area contributed by atoms with Crippen LogP contribution in [0.5, 0.6) is 0 Å². The molecule has 0 aliphatic heterocycles. The van der Waals surface area contributed by atoms with Gasteiger partial charge in [0, 0.05) is 25.4 Å². The molecule has 0 saturated carbocycles. The van der Waals surface area contributed by atoms with E-state index in [1.165, 1.54) is 17.4 Å². The highest BCUT2D eigenvalue weighted by molar-refractivity contribution is 7.17. The topological polar surface area (TPSA) is 56.9 Å². The van der Waals surface area contributed by atoms with Gasteiger partial charge in [0.25, 0.3) is 11.1 Å². The molecule has 0 aromatic carbocycles. The summed E-state index contributed by atoms with van der Waals surface area (Å²) >= 11 is 1.42. The van der Waals surface area contributed by atoms with Crippen LogP contribution < -0.4 is 11.1 Å². The number of pyridine rings is 1. The molecule has 0 saturated heterocycles. The van der Waals surface area contributed by atoms with E-state index in [2.05, 4.69) is 4.98 Å². The average Bonchev–Trinajstić information content (AvgIpc) is 2.82. The molecular weight excluding hydrogens is 274 g/mol. The number of hydrogen-bond donors (Lipinski definition) is 0. The highest BCUT2D eigenvalue weighted by Crippen LogP contribution is 2.19. The molecule has 0 spiro atoms. The summed E-state index contributed by atoms with van der Waals surface area (Å²) in [6.45, 7) is 2.83. The molecule has 0 aliphatic carbocycles. The minimum atomic E-state index is -0.0680. The van der Waals surface area contributed by atoms with E-state index in [4.69, 9.17) is 0 Å². The Bertz CT molecular complexity index is 876.